The topological polar surface area (TPSA) is 90.1 Å². The highest BCUT2D eigenvalue weighted by molar-refractivity contribution is 7.13. The number of halogens is 1. The maximum atomic E-state index is 13.2. The van der Waals surface area contributed by atoms with Crippen molar-refractivity contribution in [1.82, 2.24) is 25.5 Å². The molecule has 1 saturated carbocycles. The molecule has 2 aliphatic rings. The Morgan fingerprint density at radius 1 is 1.09 bits per heavy atom. The Hall–Kier alpha value is -2.42. The van der Waals surface area contributed by atoms with Gasteiger partial charge in [-0.3, -0.25) is 9.59 Å². The maximum absolute atomic E-state index is 13.2. The number of carbonyl (C=O) groups is 2. The van der Waals surface area contributed by atoms with Gasteiger partial charge in [-0.25, -0.2) is 4.98 Å². The van der Waals surface area contributed by atoms with Crippen molar-refractivity contribution in [2.24, 2.45) is 0 Å². The van der Waals surface area contributed by atoms with Crippen molar-refractivity contribution in [1.29, 1.82) is 0 Å². The lowest BCUT2D eigenvalue weighted by Crippen LogP contribution is -2.52. The zero-order valence-corrected chi connectivity index (χ0v) is 20.9. The van der Waals surface area contributed by atoms with E-state index in [9.17, 15) is 9.59 Å². The Kier molecular flexibility index (Phi) is 6.90. The summed E-state index contributed by atoms with van der Waals surface area (Å²) in [4.78, 5) is 37.5. The van der Waals surface area contributed by atoms with Crippen LogP contribution in [0.4, 0.5) is 0 Å². The first kappa shape index (κ1) is 23.3. The van der Waals surface area contributed by atoms with Gasteiger partial charge >= 0.3 is 0 Å². The van der Waals surface area contributed by atoms with Crippen LogP contribution in [0.1, 0.15) is 69.4 Å². The van der Waals surface area contributed by atoms with Crippen LogP contribution in [0.2, 0.25) is 5.02 Å². The molecule has 3 aromatic rings. The van der Waals surface area contributed by atoms with Gasteiger partial charge < -0.3 is 20.5 Å². The summed E-state index contributed by atoms with van der Waals surface area (Å²) in [5, 5.41) is 8.48. The van der Waals surface area contributed by atoms with E-state index in [1.54, 1.807) is 6.07 Å². The van der Waals surface area contributed by atoms with E-state index in [-0.39, 0.29) is 23.9 Å². The van der Waals surface area contributed by atoms with E-state index in [1.807, 2.05) is 18.2 Å². The zero-order valence-electron chi connectivity index (χ0n) is 19.3. The molecule has 180 valence electrons. The number of rotatable bonds is 4. The predicted molar refractivity (Wildman–Crippen MR) is 136 cm³/mol. The second-order valence-corrected chi connectivity index (χ2v) is 11.0. The third-order valence-corrected chi connectivity index (χ3v) is 8.16. The van der Waals surface area contributed by atoms with Crippen molar-refractivity contribution in [2.45, 2.75) is 63.6 Å². The van der Waals surface area contributed by atoms with Crippen LogP contribution in [0.5, 0.6) is 0 Å². The SMILES string of the molecule is CN1CCc2nc(C(=O)NC3CCCCCC[C@H]3NC(=O)c3cc4cc(Cl)ccc4[nH]3)sc2C1. The van der Waals surface area contributed by atoms with Crippen molar-refractivity contribution in [3.63, 3.8) is 0 Å². The summed E-state index contributed by atoms with van der Waals surface area (Å²) >= 11 is 7.59. The van der Waals surface area contributed by atoms with Crippen molar-refractivity contribution in [3.05, 3.63) is 50.6 Å². The van der Waals surface area contributed by atoms with Crippen molar-refractivity contribution in [3.8, 4) is 0 Å². The monoisotopic (exact) mass is 499 g/mol. The fourth-order valence-corrected chi connectivity index (χ4v) is 6.22. The zero-order chi connectivity index (χ0) is 23.7. The predicted octanol–water partition coefficient (Wildman–Crippen LogP) is 4.52. The van der Waals surface area contributed by atoms with Gasteiger partial charge in [-0.2, -0.15) is 0 Å². The summed E-state index contributed by atoms with van der Waals surface area (Å²) in [5.41, 5.74) is 2.42. The minimum Gasteiger partial charge on any atom is -0.351 e. The molecule has 2 atom stereocenters. The molecular weight excluding hydrogens is 470 g/mol. The molecule has 1 aliphatic heterocycles. The number of aromatic nitrogens is 2. The average Bonchev–Trinajstić information content (AvgIpc) is 3.41. The highest BCUT2D eigenvalue weighted by Crippen LogP contribution is 2.26. The van der Waals surface area contributed by atoms with Crippen LogP contribution < -0.4 is 10.6 Å². The van der Waals surface area contributed by atoms with Gasteiger partial charge in [0.2, 0.25) is 0 Å². The molecule has 3 N–H and O–H groups in total. The van der Waals surface area contributed by atoms with Gasteiger partial charge in [0.05, 0.1) is 5.69 Å². The molecule has 0 spiro atoms. The Bertz CT molecular complexity index is 1210. The molecule has 1 fully saturated rings. The molecule has 1 unspecified atom stereocenters. The smallest absolute Gasteiger partial charge is 0.280 e. The van der Waals surface area contributed by atoms with Gasteiger partial charge in [0.1, 0.15) is 5.69 Å². The van der Waals surface area contributed by atoms with Crippen molar-refractivity contribution >= 4 is 45.7 Å². The van der Waals surface area contributed by atoms with Crippen LogP contribution in [0.25, 0.3) is 10.9 Å². The molecule has 2 amide bonds. The van der Waals surface area contributed by atoms with Crippen molar-refractivity contribution in [2.75, 3.05) is 13.6 Å². The molecule has 0 radical (unpaired) electrons. The van der Waals surface area contributed by atoms with Gasteiger partial charge in [0.25, 0.3) is 11.8 Å². The summed E-state index contributed by atoms with van der Waals surface area (Å²) in [6, 6.07) is 7.08. The number of benzene rings is 1. The standard InChI is InChI=1S/C25H30ClN5O2S/c1-31-11-10-20-22(14-31)34-25(30-20)24(33)29-19-7-5-3-2-4-6-18(19)28-23(32)21-13-15-12-16(26)8-9-17(15)27-21/h8-9,12-13,18-19,27H,2-7,10-11,14H2,1H3,(H,28,32)(H,29,33)/t18-,19?/m1/s1. The summed E-state index contributed by atoms with van der Waals surface area (Å²) in [6.45, 7) is 1.81. The van der Waals surface area contributed by atoms with Crippen LogP contribution in [0.15, 0.2) is 24.3 Å². The normalized spacial score (nSPS) is 21.5. The van der Waals surface area contributed by atoms with E-state index in [1.165, 1.54) is 16.2 Å². The molecule has 0 bridgehead atoms. The molecule has 2 aromatic heterocycles. The molecule has 1 aliphatic carbocycles. The number of carbonyl (C=O) groups excluding carboxylic acids is 2. The van der Waals surface area contributed by atoms with Gasteiger partial charge in [0, 0.05) is 52.4 Å². The Labute approximate surface area is 208 Å². The number of thiazole rings is 1. The summed E-state index contributed by atoms with van der Waals surface area (Å²) in [5.74, 6) is -0.294. The molecule has 34 heavy (non-hydrogen) atoms. The number of hydrogen-bond donors (Lipinski definition) is 3. The van der Waals surface area contributed by atoms with E-state index in [2.05, 4.69) is 32.5 Å². The number of aromatic amines is 1. The van der Waals surface area contributed by atoms with E-state index in [0.29, 0.717) is 15.7 Å². The van der Waals surface area contributed by atoms with Crippen LogP contribution >= 0.6 is 22.9 Å². The van der Waals surface area contributed by atoms with E-state index >= 15 is 0 Å². The molecule has 3 heterocycles. The molecule has 7 nitrogen and oxygen atoms in total. The van der Waals surface area contributed by atoms with Crippen LogP contribution in [-0.2, 0) is 13.0 Å². The summed E-state index contributed by atoms with van der Waals surface area (Å²) in [7, 11) is 2.09. The van der Waals surface area contributed by atoms with Gasteiger partial charge in [-0.15, -0.1) is 11.3 Å². The van der Waals surface area contributed by atoms with Gasteiger partial charge in [-0.05, 0) is 44.2 Å². The second-order valence-electron chi connectivity index (χ2n) is 9.44. The Morgan fingerprint density at radius 2 is 1.82 bits per heavy atom. The number of nitrogens with zero attached hydrogens (tertiary/aromatic N) is 2. The Balaban J connectivity index is 1.31. The molecule has 5 rings (SSSR count). The molecule has 9 heteroatoms. The second kappa shape index (κ2) is 10.1. The third kappa shape index (κ3) is 5.14. The average molecular weight is 500 g/mol. The minimum absolute atomic E-state index is 0.126. The van der Waals surface area contributed by atoms with Gasteiger partial charge in [-0.1, -0.05) is 37.3 Å². The first-order valence-electron chi connectivity index (χ1n) is 12.0. The number of hydrogen-bond acceptors (Lipinski definition) is 5. The summed E-state index contributed by atoms with van der Waals surface area (Å²) < 4.78 is 0. The third-order valence-electron chi connectivity index (χ3n) is 6.84. The van der Waals surface area contributed by atoms with E-state index < -0.39 is 0 Å². The largest absolute Gasteiger partial charge is 0.351 e. The Morgan fingerprint density at radius 3 is 2.59 bits per heavy atom. The van der Waals surface area contributed by atoms with Crippen LogP contribution in [0, 0.1) is 0 Å². The highest BCUT2D eigenvalue weighted by atomic mass is 35.5. The van der Waals surface area contributed by atoms with Crippen LogP contribution in [0.3, 0.4) is 0 Å². The quantitative estimate of drug-likeness (QED) is 0.492. The van der Waals surface area contributed by atoms with Crippen molar-refractivity contribution < 1.29 is 9.59 Å². The lowest BCUT2D eigenvalue weighted by atomic mass is 9.92. The highest BCUT2D eigenvalue weighted by Gasteiger charge is 2.29. The number of amides is 2. The number of nitrogens with one attached hydrogen (secondary N) is 3. The molecular formula is C25H30ClN5O2S. The van der Waals surface area contributed by atoms with Gasteiger partial charge in [0.15, 0.2) is 5.01 Å². The lowest BCUT2D eigenvalue weighted by Gasteiger charge is -2.30. The van der Waals surface area contributed by atoms with E-state index in [0.717, 1.165) is 74.6 Å². The fraction of sp³-hybridized carbons (Fsp3) is 0.480. The van der Waals surface area contributed by atoms with Crippen LogP contribution in [-0.4, -0.2) is 52.4 Å². The number of likely N-dealkylation sites (N-methyl/N-ethyl adjacent to an activating group) is 1. The minimum atomic E-state index is -0.162. The first-order chi connectivity index (χ1) is 16.5. The summed E-state index contributed by atoms with van der Waals surface area (Å²) in [6.07, 6.45) is 6.90. The number of fused-ring (bicyclic) bond motifs is 2. The fourth-order valence-electron chi connectivity index (χ4n) is 4.95. The maximum Gasteiger partial charge on any atom is 0.280 e. The first-order valence-corrected chi connectivity index (χ1v) is 13.2. The lowest BCUT2D eigenvalue weighted by molar-refractivity contribution is 0.0868. The molecule has 0 saturated heterocycles. The number of H-pyrrole nitrogens is 1. The molecule has 1 aromatic carbocycles. The van der Waals surface area contributed by atoms with E-state index in [4.69, 9.17) is 11.6 Å².